The van der Waals surface area contributed by atoms with Crippen molar-refractivity contribution in [1.29, 1.82) is 0 Å². The molecule has 0 aromatic rings. The zero-order valence-corrected chi connectivity index (χ0v) is 11.0. The summed E-state index contributed by atoms with van der Waals surface area (Å²) < 4.78 is 2.53. The Morgan fingerprint density at radius 1 is 1.00 bits per heavy atom. The van der Waals surface area contributed by atoms with Gasteiger partial charge in [-0.25, -0.2) is 0 Å². The lowest BCUT2D eigenvalue weighted by atomic mass is 11.2. The van der Waals surface area contributed by atoms with Crippen LogP contribution >= 0.6 is 0 Å². The van der Waals surface area contributed by atoms with Crippen LogP contribution in [0, 0.1) is 0 Å². The van der Waals surface area contributed by atoms with Crippen molar-refractivity contribution in [2.45, 2.75) is 26.2 Å². The molecule has 0 atom stereocenters. The SMILES string of the molecule is C=C[Si](C)(C=C)N(C)[Si](C)(C)C. The van der Waals surface area contributed by atoms with Crippen LogP contribution in [0.5, 0.6) is 0 Å². The zero-order chi connectivity index (χ0) is 9.99. The van der Waals surface area contributed by atoms with Crippen molar-refractivity contribution in [3.63, 3.8) is 0 Å². The standard InChI is InChI=1S/C9H21NSi2/c1-8-12(7,9-2)10(3)11(4,5)6/h8-9H,1-2H2,3-7H3. The Hall–Kier alpha value is -0.126. The Kier molecular flexibility index (Phi) is 3.68. The first-order chi connectivity index (χ1) is 5.28. The summed E-state index contributed by atoms with van der Waals surface area (Å²) in [6.45, 7) is 17.2. The predicted octanol–water partition coefficient (Wildman–Crippen LogP) is 2.78. The van der Waals surface area contributed by atoms with Crippen molar-refractivity contribution >= 4 is 16.5 Å². The van der Waals surface area contributed by atoms with E-state index in [1.165, 1.54) is 0 Å². The second-order valence-corrected chi connectivity index (χ2v) is 13.8. The highest BCUT2D eigenvalue weighted by Crippen LogP contribution is 2.18. The molecule has 70 valence electrons. The third kappa shape index (κ3) is 2.43. The molecule has 0 saturated carbocycles. The first-order valence-corrected chi connectivity index (χ1v) is 10.3. The van der Waals surface area contributed by atoms with Crippen molar-refractivity contribution in [1.82, 2.24) is 4.23 Å². The van der Waals surface area contributed by atoms with Crippen LogP contribution in [0.2, 0.25) is 26.2 Å². The van der Waals surface area contributed by atoms with Crippen molar-refractivity contribution in [3.8, 4) is 0 Å². The van der Waals surface area contributed by atoms with Crippen LogP contribution in [-0.4, -0.2) is 27.7 Å². The van der Waals surface area contributed by atoms with Crippen LogP contribution in [0.15, 0.2) is 24.6 Å². The van der Waals surface area contributed by atoms with Gasteiger partial charge in [-0.3, -0.25) is 0 Å². The fourth-order valence-corrected chi connectivity index (χ4v) is 8.12. The molecule has 0 saturated heterocycles. The average Bonchev–Trinajstić information content (AvgIpc) is 2.00. The summed E-state index contributed by atoms with van der Waals surface area (Å²) in [5.41, 5.74) is 4.19. The third-order valence-electron chi connectivity index (χ3n) is 2.56. The van der Waals surface area contributed by atoms with Crippen LogP contribution in [-0.2, 0) is 0 Å². The molecule has 0 aliphatic rings. The maximum absolute atomic E-state index is 3.91. The Balaban J connectivity index is 4.76. The smallest absolute Gasteiger partial charge is 0.166 e. The Morgan fingerprint density at radius 3 is 1.42 bits per heavy atom. The van der Waals surface area contributed by atoms with Crippen molar-refractivity contribution in [2.75, 3.05) is 7.05 Å². The Bertz CT molecular complexity index is 173. The maximum atomic E-state index is 3.91. The summed E-state index contributed by atoms with van der Waals surface area (Å²) in [7, 11) is -0.489. The summed E-state index contributed by atoms with van der Waals surface area (Å²) in [4.78, 5) is 0. The lowest BCUT2D eigenvalue weighted by molar-refractivity contribution is 0.772. The highest BCUT2D eigenvalue weighted by molar-refractivity contribution is 6.95. The second kappa shape index (κ2) is 3.72. The van der Waals surface area contributed by atoms with E-state index in [-0.39, 0.29) is 0 Å². The van der Waals surface area contributed by atoms with E-state index < -0.39 is 16.5 Å². The third-order valence-corrected chi connectivity index (χ3v) is 11.1. The van der Waals surface area contributed by atoms with Crippen molar-refractivity contribution in [2.24, 2.45) is 0 Å². The molecule has 1 nitrogen and oxygen atoms in total. The molecule has 0 heterocycles. The zero-order valence-electron chi connectivity index (χ0n) is 9.02. The van der Waals surface area contributed by atoms with Gasteiger partial charge in [0.25, 0.3) is 0 Å². The summed E-state index contributed by atoms with van der Waals surface area (Å²) in [5.74, 6) is 0. The van der Waals surface area contributed by atoms with Crippen molar-refractivity contribution < 1.29 is 0 Å². The van der Waals surface area contributed by atoms with Gasteiger partial charge in [-0.1, -0.05) is 31.0 Å². The molecule has 3 heteroatoms. The van der Waals surface area contributed by atoms with Gasteiger partial charge in [0.15, 0.2) is 8.24 Å². The summed E-state index contributed by atoms with van der Waals surface area (Å²) in [5, 5.41) is 0. The van der Waals surface area contributed by atoms with E-state index in [9.17, 15) is 0 Å². The first-order valence-electron chi connectivity index (χ1n) is 4.29. The lowest BCUT2D eigenvalue weighted by Gasteiger charge is -2.40. The monoisotopic (exact) mass is 199 g/mol. The molecule has 0 radical (unpaired) electrons. The molecular weight excluding hydrogens is 178 g/mol. The molecule has 0 bridgehead atoms. The van der Waals surface area contributed by atoms with Crippen LogP contribution in [0.1, 0.15) is 0 Å². The maximum Gasteiger partial charge on any atom is 0.166 e. The highest BCUT2D eigenvalue weighted by atomic mass is 28.4. The second-order valence-electron chi connectivity index (χ2n) is 4.36. The van der Waals surface area contributed by atoms with E-state index >= 15 is 0 Å². The summed E-state index contributed by atoms with van der Waals surface area (Å²) >= 11 is 0. The fourth-order valence-electron chi connectivity index (χ4n) is 1.08. The van der Waals surface area contributed by atoms with Gasteiger partial charge < -0.3 is 4.23 Å². The molecular formula is C9H21NSi2. The molecule has 0 rings (SSSR count). The van der Waals surface area contributed by atoms with Crippen LogP contribution in [0.25, 0.3) is 0 Å². The number of nitrogens with zero attached hydrogens (tertiary/aromatic N) is 1. The summed E-state index contributed by atoms with van der Waals surface area (Å²) in [6.07, 6.45) is 0. The van der Waals surface area contributed by atoms with Gasteiger partial charge in [-0.15, -0.1) is 13.2 Å². The van der Waals surface area contributed by atoms with Crippen LogP contribution in [0.4, 0.5) is 0 Å². The molecule has 0 spiro atoms. The van der Waals surface area contributed by atoms with Crippen LogP contribution < -0.4 is 0 Å². The molecule has 0 amide bonds. The molecule has 0 aromatic carbocycles. The van der Waals surface area contributed by atoms with Crippen molar-refractivity contribution in [3.05, 3.63) is 24.6 Å². The summed E-state index contributed by atoms with van der Waals surface area (Å²) in [6, 6.07) is 0. The van der Waals surface area contributed by atoms with Gasteiger partial charge in [0.1, 0.15) is 8.24 Å². The molecule has 0 aliphatic heterocycles. The first kappa shape index (κ1) is 11.9. The lowest BCUT2D eigenvalue weighted by Crippen LogP contribution is -2.58. The van der Waals surface area contributed by atoms with Gasteiger partial charge in [0.2, 0.25) is 0 Å². The molecule has 0 unspecified atom stereocenters. The minimum Gasteiger partial charge on any atom is -0.342 e. The molecule has 0 aromatic heterocycles. The molecule has 0 aliphatic carbocycles. The number of hydrogen-bond donors (Lipinski definition) is 0. The van der Waals surface area contributed by atoms with E-state index in [0.29, 0.717) is 0 Å². The minimum absolute atomic E-state index is 1.19. The molecule has 12 heavy (non-hydrogen) atoms. The molecule has 0 N–H and O–H groups in total. The Morgan fingerprint density at radius 2 is 1.33 bits per heavy atom. The van der Waals surface area contributed by atoms with Gasteiger partial charge >= 0.3 is 0 Å². The topological polar surface area (TPSA) is 3.24 Å². The normalized spacial score (nSPS) is 13.2. The van der Waals surface area contributed by atoms with Crippen LogP contribution in [0.3, 0.4) is 0 Å². The van der Waals surface area contributed by atoms with Gasteiger partial charge in [-0.2, -0.15) is 0 Å². The fraction of sp³-hybridized carbons (Fsp3) is 0.556. The van der Waals surface area contributed by atoms with Gasteiger partial charge in [0, 0.05) is 0 Å². The van der Waals surface area contributed by atoms with Gasteiger partial charge in [0.05, 0.1) is 0 Å². The largest absolute Gasteiger partial charge is 0.342 e. The minimum atomic E-state index is -1.51. The van der Waals surface area contributed by atoms with E-state index in [4.69, 9.17) is 0 Å². The quantitative estimate of drug-likeness (QED) is 0.629. The Labute approximate surface area is 79.0 Å². The van der Waals surface area contributed by atoms with E-state index in [0.717, 1.165) is 0 Å². The predicted molar refractivity (Wildman–Crippen MR) is 63.1 cm³/mol. The average molecular weight is 199 g/mol. The van der Waals surface area contributed by atoms with Gasteiger partial charge in [-0.05, 0) is 13.6 Å². The van der Waals surface area contributed by atoms with E-state index in [1.807, 2.05) is 0 Å². The number of rotatable bonds is 4. The molecule has 0 fully saturated rings. The highest BCUT2D eigenvalue weighted by Gasteiger charge is 2.33. The van der Waals surface area contributed by atoms with E-state index in [1.54, 1.807) is 0 Å². The number of hydrogen-bond acceptors (Lipinski definition) is 1. The van der Waals surface area contributed by atoms with E-state index in [2.05, 4.69) is 62.0 Å².